The predicted octanol–water partition coefficient (Wildman–Crippen LogP) is 2.64. The van der Waals surface area contributed by atoms with Gasteiger partial charge >= 0.3 is 0 Å². The summed E-state index contributed by atoms with van der Waals surface area (Å²) in [4.78, 5) is 9.80. The minimum Gasteiger partial charge on any atom is -0.364 e. The summed E-state index contributed by atoms with van der Waals surface area (Å²) in [5.74, 6) is 0.758. The number of anilines is 1. The fourth-order valence-corrected chi connectivity index (χ4v) is 2.31. The molecule has 0 saturated carbocycles. The highest BCUT2D eigenvalue weighted by Gasteiger charge is 2.04. The maximum absolute atomic E-state index is 8.66. The number of aromatic nitrogens is 2. The van der Waals surface area contributed by atoms with Gasteiger partial charge in [-0.25, -0.2) is 9.97 Å². The van der Waals surface area contributed by atoms with Gasteiger partial charge < -0.3 is 5.32 Å². The van der Waals surface area contributed by atoms with Crippen molar-refractivity contribution in [3.05, 3.63) is 39.5 Å². The van der Waals surface area contributed by atoms with Crippen molar-refractivity contribution in [3.8, 4) is 6.07 Å². The first kappa shape index (κ1) is 11.6. The van der Waals surface area contributed by atoms with Crippen LogP contribution in [0.5, 0.6) is 0 Å². The van der Waals surface area contributed by atoms with E-state index in [0.29, 0.717) is 12.1 Å². The molecule has 2 aromatic rings. The molecule has 0 radical (unpaired) electrons. The van der Waals surface area contributed by atoms with E-state index in [1.165, 1.54) is 4.88 Å². The van der Waals surface area contributed by atoms with Crippen LogP contribution >= 0.6 is 11.3 Å². The smallest absolute Gasteiger partial charge is 0.126 e. The number of pyridine rings is 1. The summed E-state index contributed by atoms with van der Waals surface area (Å²) in [5.41, 5.74) is 1.62. The first-order valence-electron chi connectivity index (χ1n) is 5.22. The highest BCUT2D eigenvalue weighted by Crippen LogP contribution is 2.17. The minimum atomic E-state index is 0.566. The third-order valence-corrected chi connectivity index (χ3v) is 3.26. The van der Waals surface area contributed by atoms with Crippen molar-refractivity contribution in [2.75, 3.05) is 5.32 Å². The number of rotatable bonds is 3. The molecule has 0 aromatic carbocycles. The normalized spacial score (nSPS) is 9.94. The van der Waals surface area contributed by atoms with E-state index in [0.717, 1.165) is 16.5 Å². The van der Waals surface area contributed by atoms with Gasteiger partial charge in [0.05, 0.1) is 22.8 Å². The van der Waals surface area contributed by atoms with Crippen LogP contribution in [-0.2, 0) is 6.54 Å². The third-order valence-electron chi connectivity index (χ3n) is 2.33. The number of hydrogen-bond donors (Lipinski definition) is 1. The highest BCUT2D eigenvalue weighted by molar-refractivity contribution is 7.11. The van der Waals surface area contributed by atoms with Crippen LogP contribution in [0.15, 0.2) is 18.3 Å². The minimum absolute atomic E-state index is 0.566. The Morgan fingerprint density at radius 1 is 1.41 bits per heavy atom. The van der Waals surface area contributed by atoms with Crippen LogP contribution in [0, 0.1) is 25.2 Å². The summed E-state index contributed by atoms with van der Waals surface area (Å²) in [6.45, 7) is 4.73. The van der Waals surface area contributed by atoms with Crippen LogP contribution in [0.4, 0.5) is 5.82 Å². The van der Waals surface area contributed by atoms with Crippen molar-refractivity contribution in [1.82, 2.24) is 9.97 Å². The van der Waals surface area contributed by atoms with Gasteiger partial charge in [0.15, 0.2) is 0 Å². The molecule has 86 valence electrons. The SMILES string of the molecule is Cc1nc(CNc2ccc(C#N)cn2)c(C)s1. The maximum atomic E-state index is 8.66. The molecule has 0 aliphatic carbocycles. The van der Waals surface area contributed by atoms with Crippen molar-refractivity contribution >= 4 is 17.2 Å². The van der Waals surface area contributed by atoms with Gasteiger partial charge in [-0.3, -0.25) is 0 Å². The molecular weight excluding hydrogens is 232 g/mol. The Hall–Kier alpha value is -1.93. The van der Waals surface area contributed by atoms with Gasteiger partial charge in [-0.2, -0.15) is 5.26 Å². The number of hydrogen-bond acceptors (Lipinski definition) is 5. The van der Waals surface area contributed by atoms with Gasteiger partial charge in [0.25, 0.3) is 0 Å². The molecular formula is C12H12N4S. The van der Waals surface area contributed by atoms with Crippen LogP contribution < -0.4 is 5.32 Å². The molecule has 0 saturated heterocycles. The Labute approximate surface area is 104 Å². The van der Waals surface area contributed by atoms with Crippen LogP contribution in [0.2, 0.25) is 0 Å². The Morgan fingerprint density at radius 3 is 2.76 bits per heavy atom. The molecule has 2 aromatic heterocycles. The second-order valence-corrected chi connectivity index (χ2v) is 5.04. The van der Waals surface area contributed by atoms with E-state index in [-0.39, 0.29) is 0 Å². The fraction of sp³-hybridized carbons (Fsp3) is 0.250. The lowest BCUT2D eigenvalue weighted by atomic mass is 10.3. The van der Waals surface area contributed by atoms with Crippen molar-refractivity contribution in [2.24, 2.45) is 0 Å². The second-order valence-electron chi connectivity index (χ2n) is 3.63. The van der Waals surface area contributed by atoms with E-state index in [2.05, 4.69) is 22.2 Å². The molecule has 5 heteroatoms. The lowest BCUT2D eigenvalue weighted by Crippen LogP contribution is -2.02. The summed E-state index contributed by atoms with van der Waals surface area (Å²) in [5, 5.41) is 12.9. The molecule has 2 heterocycles. The van der Waals surface area contributed by atoms with Gasteiger partial charge in [0.1, 0.15) is 11.9 Å². The number of nitriles is 1. The topological polar surface area (TPSA) is 61.6 Å². The fourth-order valence-electron chi connectivity index (χ4n) is 1.47. The highest BCUT2D eigenvalue weighted by atomic mass is 32.1. The van der Waals surface area contributed by atoms with E-state index >= 15 is 0 Å². The number of aryl methyl sites for hydroxylation is 2. The summed E-state index contributed by atoms with van der Waals surface area (Å²) in [6, 6.07) is 5.58. The van der Waals surface area contributed by atoms with E-state index in [9.17, 15) is 0 Å². The second kappa shape index (κ2) is 4.93. The molecule has 0 amide bonds. The average Bonchev–Trinajstić information content (AvgIpc) is 2.66. The van der Waals surface area contributed by atoms with Gasteiger partial charge in [0.2, 0.25) is 0 Å². The van der Waals surface area contributed by atoms with Gasteiger partial charge in [-0.05, 0) is 26.0 Å². The van der Waals surface area contributed by atoms with Crippen molar-refractivity contribution in [2.45, 2.75) is 20.4 Å². The lowest BCUT2D eigenvalue weighted by Gasteiger charge is -2.03. The Balaban J connectivity index is 2.02. The van der Waals surface area contributed by atoms with Crippen LogP contribution in [-0.4, -0.2) is 9.97 Å². The summed E-state index contributed by atoms with van der Waals surface area (Å²) in [7, 11) is 0. The molecule has 0 atom stereocenters. The zero-order valence-electron chi connectivity index (χ0n) is 9.69. The van der Waals surface area contributed by atoms with E-state index in [1.54, 1.807) is 29.7 Å². The molecule has 4 nitrogen and oxygen atoms in total. The van der Waals surface area contributed by atoms with E-state index in [4.69, 9.17) is 5.26 Å². The average molecular weight is 244 g/mol. The summed E-state index contributed by atoms with van der Waals surface area (Å²) >= 11 is 1.70. The summed E-state index contributed by atoms with van der Waals surface area (Å²) in [6.07, 6.45) is 1.56. The first-order valence-corrected chi connectivity index (χ1v) is 6.03. The van der Waals surface area contributed by atoms with Gasteiger partial charge in [-0.1, -0.05) is 0 Å². The molecule has 0 aliphatic rings. The molecule has 0 fully saturated rings. The maximum Gasteiger partial charge on any atom is 0.126 e. The zero-order valence-corrected chi connectivity index (χ0v) is 10.5. The third kappa shape index (κ3) is 2.80. The molecule has 17 heavy (non-hydrogen) atoms. The van der Waals surface area contributed by atoms with Crippen molar-refractivity contribution in [1.29, 1.82) is 5.26 Å². The van der Waals surface area contributed by atoms with Crippen molar-refractivity contribution in [3.63, 3.8) is 0 Å². The van der Waals surface area contributed by atoms with E-state index < -0.39 is 0 Å². The Morgan fingerprint density at radius 2 is 2.24 bits per heavy atom. The molecule has 2 rings (SSSR count). The molecule has 1 N–H and O–H groups in total. The van der Waals surface area contributed by atoms with Gasteiger partial charge in [0, 0.05) is 11.1 Å². The molecule has 0 bridgehead atoms. The van der Waals surface area contributed by atoms with E-state index in [1.807, 2.05) is 13.0 Å². The molecule has 0 aliphatic heterocycles. The Bertz CT molecular complexity index is 551. The zero-order chi connectivity index (χ0) is 12.3. The van der Waals surface area contributed by atoms with Crippen LogP contribution in [0.3, 0.4) is 0 Å². The lowest BCUT2D eigenvalue weighted by molar-refractivity contribution is 1.02. The first-order chi connectivity index (χ1) is 8.19. The monoisotopic (exact) mass is 244 g/mol. The number of thiazole rings is 1. The quantitative estimate of drug-likeness (QED) is 0.901. The van der Waals surface area contributed by atoms with Crippen molar-refractivity contribution < 1.29 is 0 Å². The molecule has 0 spiro atoms. The largest absolute Gasteiger partial charge is 0.364 e. The molecule has 0 unspecified atom stereocenters. The standard InChI is InChI=1S/C12H12N4S/c1-8-11(16-9(2)17-8)7-15-12-4-3-10(5-13)6-14-12/h3-4,6H,7H2,1-2H3,(H,14,15). The Kier molecular flexibility index (Phi) is 3.35. The summed E-state index contributed by atoms with van der Waals surface area (Å²) < 4.78 is 0. The predicted molar refractivity (Wildman–Crippen MR) is 67.9 cm³/mol. The van der Waals surface area contributed by atoms with Crippen LogP contribution in [0.25, 0.3) is 0 Å². The number of nitrogens with zero attached hydrogens (tertiary/aromatic N) is 3. The van der Waals surface area contributed by atoms with Gasteiger partial charge in [-0.15, -0.1) is 11.3 Å². The van der Waals surface area contributed by atoms with Crippen LogP contribution in [0.1, 0.15) is 21.1 Å². The number of nitrogens with one attached hydrogen (secondary N) is 1.